The molecule has 11 heteroatoms. The van der Waals surface area contributed by atoms with E-state index in [1.807, 2.05) is 0 Å². The minimum atomic E-state index is -0.469. The van der Waals surface area contributed by atoms with Crippen LogP contribution in [0, 0.1) is 0 Å². The molecule has 2 heterocycles. The number of nitrogens with zero attached hydrogens (tertiary/aromatic N) is 3. The molecule has 0 atom stereocenters. The van der Waals surface area contributed by atoms with E-state index in [2.05, 4.69) is 26.0 Å². The lowest BCUT2D eigenvalue weighted by Crippen LogP contribution is -2.23. The maximum absolute atomic E-state index is 12.9. The molecule has 0 spiro atoms. The van der Waals surface area contributed by atoms with Gasteiger partial charge in [-0.2, -0.15) is 9.50 Å². The number of carbonyl (C=O) groups is 1. The van der Waals surface area contributed by atoms with Gasteiger partial charge in [-0.1, -0.05) is 11.3 Å². The van der Waals surface area contributed by atoms with Crippen LogP contribution in [-0.2, 0) is 4.79 Å². The summed E-state index contributed by atoms with van der Waals surface area (Å²) in [6.07, 6.45) is 1.70. The number of hydrogen-bond donors (Lipinski definition) is 0. The molecule has 0 aliphatic carbocycles. The molecular formula is C22H18BrN3O6S. The van der Waals surface area contributed by atoms with Gasteiger partial charge < -0.3 is 18.9 Å². The third-order valence-corrected chi connectivity index (χ3v) is 6.17. The van der Waals surface area contributed by atoms with Crippen LogP contribution in [-0.4, -0.2) is 41.9 Å². The van der Waals surface area contributed by atoms with Crippen molar-refractivity contribution in [2.75, 3.05) is 21.3 Å². The number of methoxy groups -OCH3 is 3. The van der Waals surface area contributed by atoms with Gasteiger partial charge in [0.2, 0.25) is 4.96 Å². The average Bonchev–Trinajstić information content (AvgIpc) is 3.34. The molecule has 2 aromatic carbocycles. The Morgan fingerprint density at radius 2 is 1.79 bits per heavy atom. The Hall–Kier alpha value is -3.44. The van der Waals surface area contributed by atoms with Gasteiger partial charge in [0.1, 0.15) is 0 Å². The number of thiazole rings is 1. The van der Waals surface area contributed by atoms with Gasteiger partial charge in [-0.25, -0.2) is 0 Å². The zero-order valence-corrected chi connectivity index (χ0v) is 20.4. The van der Waals surface area contributed by atoms with Gasteiger partial charge in [0.15, 0.2) is 28.8 Å². The normalized spacial score (nSPS) is 11.6. The molecule has 0 unspecified atom stereocenters. The quantitative estimate of drug-likeness (QED) is 0.276. The fourth-order valence-electron chi connectivity index (χ4n) is 3.15. The van der Waals surface area contributed by atoms with Crippen molar-refractivity contribution in [1.29, 1.82) is 0 Å². The summed E-state index contributed by atoms with van der Waals surface area (Å²) in [6.45, 7) is 1.31. The van der Waals surface area contributed by atoms with Gasteiger partial charge >= 0.3 is 5.97 Å². The van der Waals surface area contributed by atoms with Crippen LogP contribution in [0.15, 0.2) is 39.6 Å². The molecule has 2 aromatic heterocycles. The summed E-state index contributed by atoms with van der Waals surface area (Å²) in [5.41, 5.74) is 1.08. The molecule has 0 bridgehead atoms. The Morgan fingerprint density at radius 3 is 2.42 bits per heavy atom. The summed E-state index contributed by atoms with van der Waals surface area (Å²) in [4.78, 5) is 29.2. The molecular weight excluding hydrogens is 514 g/mol. The SMILES string of the molecule is COc1ccc(-c2nc3s/c(=C\c4cc(Br)c(OC(C)=O)c(OC)c4)c(=O)n3n2)cc1OC. The maximum Gasteiger partial charge on any atom is 0.308 e. The van der Waals surface area contributed by atoms with Gasteiger partial charge in [-0.3, -0.25) is 9.59 Å². The highest BCUT2D eigenvalue weighted by Crippen LogP contribution is 2.37. The minimum absolute atomic E-state index is 0.270. The maximum atomic E-state index is 12.9. The molecule has 0 saturated carbocycles. The van der Waals surface area contributed by atoms with Crippen LogP contribution in [0.25, 0.3) is 22.4 Å². The summed E-state index contributed by atoms with van der Waals surface area (Å²) >= 11 is 4.59. The van der Waals surface area contributed by atoms with Gasteiger partial charge in [-0.05, 0) is 57.9 Å². The van der Waals surface area contributed by atoms with E-state index in [-0.39, 0.29) is 11.3 Å². The number of carbonyl (C=O) groups excluding carboxylic acids is 1. The lowest BCUT2D eigenvalue weighted by atomic mass is 10.2. The predicted octanol–water partition coefficient (Wildman–Crippen LogP) is 3.08. The molecule has 0 aliphatic heterocycles. The van der Waals surface area contributed by atoms with Crippen LogP contribution in [0.2, 0.25) is 0 Å². The van der Waals surface area contributed by atoms with Crippen LogP contribution in [0.1, 0.15) is 12.5 Å². The van der Waals surface area contributed by atoms with E-state index in [0.29, 0.717) is 48.2 Å². The Morgan fingerprint density at radius 1 is 1.06 bits per heavy atom. The first kappa shape index (κ1) is 22.7. The second-order valence-corrected chi connectivity index (χ2v) is 8.61. The van der Waals surface area contributed by atoms with Crippen molar-refractivity contribution < 1.29 is 23.7 Å². The van der Waals surface area contributed by atoms with Crippen LogP contribution in [0.3, 0.4) is 0 Å². The van der Waals surface area contributed by atoms with Crippen molar-refractivity contribution in [1.82, 2.24) is 14.6 Å². The third-order valence-electron chi connectivity index (χ3n) is 4.62. The third kappa shape index (κ3) is 4.41. The molecule has 0 aliphatic rings. The van der Waals surface area contributed by atoms with Gasteiger partial charge in [-0.15, -0.1) is 5.10 Å². The summed E-state index contributed by atoms with van der Waals surface area (Å²) in [7, 11) is 4.57. The second kappa shape index (κ2) is 9.20. The fourth-order valence-corrected chi connectivity index (χ4v) is 4.60. The summed E-state index contributed by atoms with van der Waals surface area (Å²) in [5, 5.41) is 4.37. The van der Waals surface area contributed by atoms with E-state index in [0.717, 1.165) is 0 Å². The van der Waals surface area contributed by atoms with E-state index < -0.39 is 5.97 Å². The average molecular weight is 532 g/mol. The van der Waals surface area contributed by atoms with Crippen LogP contribution in [0.4, 0.5) is 0 Å². The zero-order valence-electron chi connectivity index (χ0n) is 18.0. The molecule has 4 rings (SSSR count). The Kier molecular flexibility index (Phi) is 6.34. The zero-order chi connectivity index (χ0) is 23.7. The Labute approximate surface area is 200 Å². The number of hydrogen-bond acceptors (Lipinski definition) is 9. The van der Waals surface area contributed by atoms with E-state index in [9.17, 15) is 9.59 Å². The van der Waals surface area contributed by atoms with Crippen molar-refractivity contribution in [3.8, 4) is 34.4 Å². The van der Waals surface area contributed by atoms with E-state index in [4.69, 9.17) is 18.9 Å². The number of rotatable bonds is 6. The monoisotopic (exact) mass is 531 g/mol. The number of esters is 1. The molecule has 4 aromatic rings. The Balaban J connectivity index is 1.75. The molecule has 0 N–H and O–H groups in total. The minimum Gasteiger partial charge on any atom is -0.493 e. The Bertz CT molecular complexity index is 1480. The van der Waals surface area contributed by atoms with Crippen LogP contribution < -0.4 is 29.0 Å². The largest absolute Gasteiger partial charge is 0.493 e. The molecule has 0 amide bonds. The molecule has 9 nitrogen and oxygen atoms in total. The van der Waals surface area contributed by atoms with E-state index in [1.165, 1.54) is 29.9 Å². The first-order valence-corrected chi connectivity index (χ1v) is 11.1. The van der Waals surface area contributed by atoms with E-state index in [1.54, 1.807) is 50.6 Å². The van der Waals surface area contributed by atoms with Gasteiger partial charge in [0.05, 0.1) is 30.3 Å². The number of halogens is 1. The van der Waals surface area contributed by atoms with Crippen LogP contribution in [0.5, 0.6) is 23.0 Å². The van der Waals surface area contributed by atoms with Crippen LogP contribution >= 0.6 is 27.3 Å². The van der Waals surface area contributed by atoms with Crippen molar-refractivity contribution >= 4 is 44.3 Å². The number of aromatic nitrogens is 3. The van der Waals surface area contributed by atoms with Crippen molar-refractivity contribution in [3.05, 3.63) is 55.3 Å². The first-order valence-electron chi connectivity index (χ1n) is 9.54. The van der Waals surface area contributed by atoms with Crippen molar-refractivity contribution in [2.24, 2.45) is 0 Å². The van der Waals surface area contributed by atoms with E-state index >= 15 is 0 Å². The fraction of sp³-hybridized carbons (Fsp3) is 0.182. The predicted molar refractivity (Wildman–Crippen MR) is 126 cm³/mol. The number of fused-ring (bicyclic) bond motifs is 1. The standard InChI is InChI=1S/C22H18BrN3O6S/c1-11(27)32-19-14(23)7-12(8-17(19)31-4)9-18-21(28)26-22(33-18)24-20(25-26)13-5-6-15(29-2)16(10-13)30-3/h5-10H,1-4H3/b18-9-. The summed E-state index contributed by atoms with van der Waals surface area (Å²) < 4.78 is 23.3. The van der Waals surface area contributed by atoms with Crippen molar-refractivity contribution in [2.45, 2.75) is 6.92 Å². The highest BCUT2D eigenvalue weighted by atomic mass is 79.9. The molecule has 170 valence electrons. The molecule has 33 heavy (non-hydrogen) atoms. The van der Waals surface area contributed by atoms with Gasteiger partial charge in [0.25, 0.3) is 5.56 Å². The summed E-state index contributed by atoms with van der Waals surface area (Å²) in [5.74, 6) is 1.69. The second-order valence-electron chi connectivity index (χ2n) is 6.74. The topological polar surface area (TPSA) is 101 Å². The number of benzene rings is 2. The van der Waals surface area contributed by atoms with Gasteiger partial charge in [0, 0.05) is 12.5 Å². The molecule has 0 fully saturated rings. The smallest absolute Gasteiger partial charge is 0.308 e. The lowest BCUT2D eigenvalue weighted by molar-refractivity contribution is -0.132. The van der Waals surface area contributed by atoms with Crippen molar-refractivity contribution in [3.63, 3.8) is 0 Å². The number of ether oxygens (including phenoxy) is 4. The molecule has 0 saturated heterocycles. The highest BCUT2D eigenvalue weighted by Gasteiger charge is 2.16. The molecule has 0 radical (unpaired) electrons. The summed E-state index contributed by atoms with van der Waals surface area (Å²) in [6, 6.07) is 8.71. The highest BCUT2D eigenvalue weighted by molar-refractivity contribution is 9.10. The first-order chi connectivity index (χ1) is 15.8. The lowest BCUT2D eigenvalue weighted by Gasteiger charge is -2.10.